The number of nitrogens with one attached hydrogen (secondary N) is 2. The van der Waals surface area contributed by atoms with Crippen LogP contribution < -0.4 is 10.6 Å². The van der Waals surface area contributed by atoms with Gasteiger partial charge in [-0.1, -0.05) is 12.5 Å². The first-order chi connectivity index (χ1) is 11.7. The molecule has 5 nitrogen and oxygen atoms in total. The Balaban J connectivity index is 1.61. The summed E-state index contributed by atoms with van der Waals surface area (Å²) in [6.07, 6.45) is 7.62. The molecule has 0 spiro atoms. The second kappa shape index (κ2) is 7.92. The molecule has 2 fully saturated rings. The summed E-state index contributed by atoms with van der Waals surface area (Å²) in [4.78, 5) is 26.6. The maximum absolute atomic E-state index is 12.6. The molecule has 130 valence electrons. The summed E-state index contributed by atoms with van der Waals surface area (Å²) >= 11 is 1.83. The third-order valence-corrected chi connectivity index (χ3v) is 5.59. The molecule has 1 saturated carbocycles. The van der Waals surface area contributed by atoms with E-state index in [0.717, 1.165) is 32.4 Å². The highest BCUT2D eigenvalue weighted by Crippen LogP contribution is 2.22. The Morgan fingerprint density at radius 2 is 2.04 bits per heavy atom. The van der Waals surface area contributed by atoms with Crippen LogP contribution in [0, 0.1) is 0 Å². The van der Waals surface area contributed by atoms with E-state index in [2.05, 4.69) is 16.9 Å². The third kappa shape index (κ3) is 4.66. The number of nitrogens with zero attached hydrogens (tertiary/aromatic N) is 1. The molecule has 3 rings (SSSR count). The standard InChI is InChI=1S/C18H25N3O2S/c1-24-16-7-2-3-10-21(12-16)18(23)20-15-6-4-5-13(11-15)17(22)19-14-8-9-14/h4-6,11,14,16H,2-3,7-10,12H2,1H3,(H,19,22)(H,20,23)/t16-/m1/s1. The summed E-state index contributed by atoms with van der Waals surface area (Å²) in [5, 5.41) is 6.43. The Kier molecular flexibility index (Phi) is 5.66. The highest BCUT2D eigenvalue weighted by atomic mass is 32.2. The van der Waals surface area contributed by atoms with E-state index >= 15 is 0 Å². The Morgan fingerprint density at radius 3 is 2.79 bits per heavy atom. The van der Waals surface area contributed by atoms with Gasteiger partial charge >= 0.3 is 6.03 Å². The SMILES string of the molecule is CS[C@@H]1CCCCN(C(=O)Nc2cccc(C(=O)NC3CC3)c2)C1. The van der Waals surface area contributed by atoms with Crippen molar-refractivity contribution < 1.29 is 9.59 Å². The van der Waals surface area contributed by atoms with Gasteiger partial charge in [0.25, 0.3) is 5.91 Å². The number of amides is 3. The first-order valence-electron chi connectivity index (χ1n) is 8.65. The topological polar surface area (TPSA) is 61.4 Å². The van der Waals surface area contributed by atoms with Crippen molar-refractivity contribution in [3.05, 3.63) is 29.8 Å². The first kappa shape index (κ1) is 17.1. The largest absolute Gasteiger partial charge is 0.349 e. The zero-order valence-electron chi connectivity index (χ0n) is 14.1. The maximum Gasteiger partial charge on any atom is 0.321 e. The van der Waals surface area contributed by atoms with E-state index in [9.17, 15) is 9.59 Å². The third-order valence-electron chi connectivity index (χ3n) is 4.54. The number of hydrogen-bond acceptors (Lipinski definition) is 3. The van der Waals surface area contributed by atoms with Crippen molar-refractivity contribution in [2.75, 3.05) is 24.7 Å². The van der Waals surface area contributed by atoms with Gasteiger partial charge in [-0.15, -0.1) is 0 Å². The molecule has 1 heterocycles. The van der Waals surface area contributed by atoms with Crippen LogP contribution in [0.15, 0.2) is 24.3 Å². The number of benzene rings is 1. The quantitative estimate of drug-likeness (QED) is 0.878. The van der Waals surface area contributed by atoms with E-state index in [4.69, 9.17) is 0 Å². The van der Waals surface area contributed by atoms with Crippen molar-refractivity contribution in [3.63, 3.8) is 0 Å². The van der Waals surface area contributed by atoms with Crippen molar-refractivity contribution in [3.8, 4) is 0 Å². The van der Waals surface area contributed by atoms with Gasteiger partial charge in [0, 0.05) is 35.6 Å². The van der Waals surface area contributed by atoms with Crippen LogP contribution in [0.3, 0.4) is 0 Å². The van der Waals surface area contributed by atoms with Crippen LogP contribution in [0.1, 0.15) is 42.5 Å². The van der Waals surface area contributed by atoms with Crippen molar-refractivity contribution in [2.45, 2.75) is 43.4 Å². The fourth-order valence-electron chi connectivity index (χ4n) is 2.92. The predicted molar refractivity (Wildman–Crippen MR) is 98.7 cm³/mol. The zero-order chi connectivity index (χ0) is 16.9. The van der Waals surface area contributed by atoms with Gasteiger partial charge in [0.05, 0.1) is 0 Å². The molecule has 1 aliphatic carbocycles. The molecule has 0 aromatic heterocycles. The van der Waals surface area contributed by atoms with Gasteiger partial charge in [-0.25, -0.2) is 4.79 Å². The van der Waals surface area contributed by atoms with E-state index in [0.29, 0.717) is 22.5 Å². The summed E-state index contributed by atoms with van der Waals surface area (Å²) in [7, 11) is 0. The van der Waals surface area contributed by atoms with Crippen LogP contribution in [-0.4, -0.2) is 47.5 Å². The van der Waals surface area contributed by atoms with Gasteiger partial charge < -0.3 is 15.5 Å². The second-order valence-corrected chi connectivity index (χ2v) is 7.70. The molecular weight excluding hydrogens is 322 g/mol. The van der Waals surface area contributed by atoms with Crippen LogP contribution in [0.4, 0.5) is 10.5 Å². The Bertz CT molecular complexity index is 604. The number of anilines is 1. The van der Waals surface area contributed by atoms with Gasteiger partial charge in [0.15, 0.2) is 0 Å². The maximum atomic E-state index is 12.6. The van der Waals surface area contributed by atoms with E-state index in [1.165, 1.54) is 12.8 Å². The summed E-state index contributed by atoms with van der Waals surface area (Å²) < 4.78 is 0. The van der Waals surface area contributed by atoms with Crippen molar-refractivity contribution in [1.82, 2.24) is 10.2 Å². The molecule has 1 aromatic rings. The number of rotatable bonds is 4. The van der Waals surface area contributed by atoms with Crippen LogP contribution in [0.25, 0.3) is 0 Å². The van der Waals surface area contributed by atoms with Crippen molar-refractivity contribution >= 4 is 29.4 Å². The lowest BCUT2D eigenvalue weighted by atomic mass is 10.2. The zero-order valence-corrected chi connectivity index (χ0v) is 14.9. The number of carbonyl (C=O) groups excluding carboxylic acids is 2. The molecule has 2 N–H and O–H groups in total. The molecule has 0 bridgehead atoms. The highest BCUT2D eigenvalue weighted by Gasteiger charge is 2.24. The molecule has 1 saturated heterocycles. The summed E-state index contributed by atoms with van der Waals surface area (Å²) in [6, 6.07) is 7.43. The van der Waals surface area contributed by atoms with Gasteiger partial charge in [0.1, 0.15) is 0 Å². The number of thioether (sulfide) groups is 1. The second-order valence-electron chi connectivity index (χ2n) is 6.56. The highest BCUT2D eigenvalue weighted by molar-refractivity contribution is 7.99. The van der Waals surface area contributed by atoms with Gasteiger partial charge in [-0.2, -0.15) is 11.8 Å². The fourth-order valence-corrected chi connectivity index (χ4v) is 3.65. The monoisotopic (exact) mass is 347 g/mol. The van der Waals surface area contributed by atoms with Crippen molar-refractivity contribution in [2.24, 2.45) is 0 Å². The number of hydrogen-bond donors (Lipinski definition) is 2. The molecule has 0 unspecified atom stereocenters. The molecule has 1 atom stereocenters. The fraction of sp³-hybridized carbons (Fsp3) is 0.556. The lowest BCUT2D eigenvalue weighted by Crippen LogP contribution is -2.38. The van der Waals surface area contributed by atoms with E-state index < -0.39 is 0 Å². The van der Waals surface area contributed by atoms with Gasteiger partial charge in [-0.05, 0) is 50.1 Å². The van der Waals surface area contributed by atoms with E-state index in [-0.39, 0.29) is 11.9 Å². The van der Waals surface area contributed by atoms with Gasteiger partial charge in [-0.3, -0.25) is 4.79 Å². The molecule has 2 aliphatic rings. The number of urea groups is 1. The minimum absolute atomic E-state index is 0.0641. The Labute approximate surface area is 147 Å². The molecular formula is C18H25N3O2S. The lowest BCUT2D eigenvalue weighted by Gasteiger charge is -2.24. The van der Waals surface area contributed by atoms with E-state index in [1.54, 1.807) is 12.1 Å². The molecule has 24 heavy (non-hydrogen) atoms. The smallest absolute Gasteiger partial charge is 0.321 e. The predicted octanol–water partition coefficient (Wildman–Crippen LogP) is 3.33. The number of likely N-dealkylation sites (tertiary alicyclic amines) is 1. The van der Waals surface area contributed by atoms with Crippen LogP contribution in [0.2, 0.25) is 0 Å². The normalized spacial score (nSPS) is 21.0. The first-order valence-corrected chi connectivity index (χ1v) is 9.94. The van der Waals surface area contributed by atoms with E-state index in [1.807, 2.05) is 28.8 Å². The minimum atomic E-state index is -0.0734. The molecule has 1 aromatic carbocycles. The average Bonchev–Trinajstić information content (AvgIpc) is 3.41. The Morgan fingerprint density at radius 1 is 1.21 bits per heavy atom. The van der Waals surface area contributed by atoms with Crippen LogP contribution in [0.5, 0.6) is 0 Å². The summed E-state index contributed by atoms with van der Waals surface area (Å²) in [5.74, 6) is -0.0641. The molecule has 1 aliphatic heterocycles. The summed E-state index contributed by atoms with van der Waals surface area (Å²) in [6.45, 7) is 1.58. The number of carbonyl (C=O) groups is 2. The minimum Gasteiger partial charge on any atom is -0.349 e. The Hall–Kier alpha value is -1.69. The molecule has 3 amide bonds. The average molecular weight is 347 g/mol. The summed E-state index contributed by atoms with van der Waals surface area (Å²) in [5.41, 5.74) is 1.27. The van der Waals surface area contributed by atoms with Crippen LogP contribution >= 0.6 is 11.8 Å². The van der Waals surface area contributed by atoms with Crippen LogP contribution in [-0.2, 0) is 0 Å². The molecule has 6 heteroatoms. The lowest BCUT2D eigenvalue weighted by molar-refractivity contribution is 0.0951. The van der Waals surface area contributed by atoms with Crippen molar-refractivity contribution in [1.29, 1.82) is 0 Å². The molecule has 0 radical (unpaired) electrons. The van der Waals surface area contributed by atoms with Gasteiger partial charge in [0.2, 0.25) is 0 Å².